The Hall–Kier alpha value is -1.19. The third-order valence-corrected chi connectivity index (χ3v) is 7.35. The van der Waals surface area contributed by atoms with Crippen LogP contribution in [0.3, 0.4) is 0 Å². The van der Waals surface area contributed by atoms with Crippen molar-refractivity contribution >= 4 is 33.7 Å². The van der Waals surface area contributed by atoms with E-state index in [1.807, 2.05) is 6.92 Å². The zero-order valence-electron chi connectivity index (χ0n) is 17.3. The molecule has 3 fully saturated rings. The lowest BCUT2D eigenvalue weighted by molar-refractivity contribution is -0.142. The third kappa shape index (κ3) is 3.70. The lowest BCUT2D eigenvalue weighted by Gasteiger charge is -2.34. The minimum atomic E-state index is -0.998. The van der Waals surface area contributed by atoms with Gasteiger partial charge >= 0.3 is 0 Å². The molecule has 0 aromatic carbocycles. The maximum Gasteiger partial charge on any atom is 0.246 e. The highest BCUT2D eigenvalue weighted by Gasteiger charge is 2.76. The number of hydrogen-bond acceptors (Lipinski definition) is 5. The van der Waals surface area contributed by atoms with Gasteiger partial charge in [-0.2, -0.15) is 0 Å². The average molecular weight is 474 g/mol. The molecule has 0 radical (unpaired) electrons. The number of nitrogens with one attached hydrogen (secondary N) is 2. The molecule has 7 atom stereocenters. The number of likely N-dealkylation sites (tertiary alicyclic amines) is 1. The zero-order chi connectivity index (χ0) is 21.3. The van der Waals surface area contributed by atoms with Gasteiger partial charge in [-0.15, -0.1) is 0 Å². The fourth-order valence-electron chi connectivity index (χ4n) is 5.36. The van der Waals surface area contributed by atoms with Crippen LogP contribution in [-0.4, -0.2) is 76.5 Å². The van der Waals surface area contributed by atoms with Crippen LogP contribution in [0, 0.1) is 11.8 Å². The van der Waals surface area contributed by atoms with Gasteiger partial charge in [0.2, 0.25) is 17.7 Å². The molecule has 0 aromatic heterocycles. The Labute approximate surface area is 180 Å². The van der Waals surface area contributed by atoms with Gasteiger partial charge in [-0.25, -0.2) is 0 Å². The summed E-state index contributed by atoms with van der Waals surface area (Å²) in [6.07, 6.45) is 3.01. The average Bonchev–Trinajstić information content (AvgIpc) is 3.25. The first kappa shape index (κ1) is 22.5. The Bertz CT molecular complexity index is 662. The SMILES string of the molecule is CCCC(C)NC(=O)C1N(CCCCO)C(=O)[C@@H]2[C@@H](C(=O)NC)[C@@H]3OC12CC3Br. The largest absolute Gasteiger partial charge is 0.396 e. The summed E-state index contributed by atoms with van der Waals surface area (Å²) in [6.45, 7) is 4.41. The summed E-state index contributed by atoms with van der Waals surface area (Å²) in [5.74, 6) is -1.91. The molecule has 164 valence electrons. The summed E-state index contributed by atoms with van der Waals surface area (Å²) >= 11 is 3.62. The molecule has 3 heterocycles. The Morgan fingerprint density at radius 3 is 2.72 bits per heavy atom. The Kier molecular flexibility index (Phi) is 6.90. The van der Waals surface area contributed by atoms with Crippen molar-refractivity contribution in [3.05, 3.63) is 0 Å². The number of rotatable bonds is 9. The van der Waals surface area contributed by atoms with Gasteiger partial charge in [0.25, 0.3) is 0 Å². The summed E-state index contributed by atoms with van der Waals surface area (Å²) in [5.41, 5.74) is -0.998. The van der Waals surface area contributed by atoms with Crippen LogP contribution in [-0.2, 0) is 19.1 Å². The van der Waals surface area contributed by atoms with E-state index >= 15 is 0 Å². The number of halogens is 1. The molecule has 29 heavy (non-hydrogen) atoms. The fraction of sp³-hybridized carbons (Fsp3) is 0.850. The zero-order valence-corrected chi connectivity index (χ0v) is 18.9. The molecule has 3 N–H and O–H groups in total. The van der Waals surface area contributed by atoms with Crippen LogP contribution in [0.1, 0.15) is 46.0 Å². The summed E-state index contributed by atoms with van der Waals surface area (Å²) in [5, 5.41) is 14.8. The van der Waals surface area contributed by atoms with Crippen molar-refractivity contribution in [1.82, 2.24) is 15.5 Å². The summed E-state index contributed by atoms with van der Waals surface area (Å²) < 4.78 is 6.33. The van der Waals surface area contributed by atoms with Gasteiger partial charge in [-0.05, 0) is 32.6 Å². The number of hydrogen-bond donors (Lipinski definition) is 3. The molecule has 3 amide bonds. The molecular formula is C20H32BrN3O5. The first-order valence-corrected chi connectivity index (χ1v) is 11.5. The smallest absolute Gasteiger partial charge is 0.246 e. The van der Waals surface area contributed by atoms with Crippen molar-refractivity contribution < 1.29 is 24.2 Å². The van der Waals surface area contributed by atoms with Crippen LogP contribution in [0.25, 0.3) is 0 Å². The minimum absolute atomic E-state index is 0.00884. The Morgan fingerprint density at radius 2 is 2.10 bits per heavy atom. The number of carbonyl (C=O) groups is 3. The van der Waals surface area contributed by atoms with Crippen molar-refractivity contribution in [3.63, 3.8) is 0 Å². The molecule has 3 saturated heterocycles. The molecule has 2 bridgehead atoms. The number of fused-ring (bicyclic) bond motifs is 1. The number of unbranched alkanes of at least 4 members (excludes halogenated alkanes) is 1. The summed E-state index contributed by atoms with van der Waals surface area (Å²) in [4.78, 5) is 40.9. The third-order valence-electron chi connectivity index (χ3n) is 6.50. The van der Waals surface area contributed by atoms with E-state index in [4.69, 9.17) is 9.84 Å². The van der Waals surface area contributed by atoms with E-state index in [2.05, 4.69) is 33.5 Å². The highest BCUT2D eigenvalue weighted by molar-refractivity contribution is 9.09. The van der Waals surface area contributed by atoms with E-state index in [0.717, 1.165) is 12.8 Å². The standard InChI is InChI=1S/C20H32BrN3O5/c1-4-7-11(2)23-18(27)16-20-10-12(21)15(29-20)13(17(26)22-3)14(20)19(28)24(16)8-5-6-9-25/h11-16,25H,4-10H2,1-3H3,(H,22,26)(H,23,27)/t11?,12?,13-,14+,15-,16?,20?/m1/s1. The highest BCUT2D eigenvalue weighted by Crippen LogP contribution is 2.59. The molecule has 8 nitrogen and oxygen atoms in total. The molecule has 4 unspecified atom stereocenters. The predicted octanol–water partition coefficient (Wildman–Crippen LogP) is 0.558. The molecule has 9 heteroatoms. The van der Waals surface area contributed by atoms with Crippen molar-refractivity contribution in [1.29, 1.82) is 0 Å². The van der Waals surface area contributed by atoms with Crippen molar-refractivity contribution in [2.75, 3.05) is 20.2 Å². The van der Waals surface area contributed by atoms with Crippen molar-refractivity contribution in [2.45, 2.75) is 74.6 Å². The molecule has 3 aliphatic heterocycles. The second-order valence-corrected chi connectivity index (χ2v) is 9.61. The van der Waals surface area contributed by atoms with E-state index < -0.39 is 29.6 Å². The maximum atomic E-state index is 13.4. The van der Waals surface area contributed by atoms with Crippen LogP contribution in [0.2, 0.25) is 0 Å². The summed E-state index contributed by atoms with van der Waals surface area (Å²) in [6, 6.07) is -0.775. The number of alkyl halides is 1. The van der Waals surface area contributed by atoms with Gasteiger partial charge in [0.1, 0.15) is 11.6 Å². The van der Waals surface area contributed by atoms with Gasteiger partial charge in [0.15, 0.2) is 0 Å². The fourth-order valence-corrected chi connectivity index (χ4v) is 6.30. The van der Waals surface area contributed by atoms with Crippen molar-refractivity contribution in [2.24, 2.45) is 11.8 Å². The van der Waals surface area contributed by atoms with E-state index in [0.29, 0.717) is 25.8 Å². The molecule has 3 aliphatic rings. The highest BCUT2D eigenvalue weighted by atomic mass is 79.9. The Morgan fingerprint density at radius 1 is 1.38 bits per heavy atom. The first-order chi connectivity index (χ1) is 13.8. The predicted molar refractivity (Wildman–Crippen MR) is 110 cm³/mol. The number of aliphatic hydroxyl groups is 1. The van der Waals surface area contributed by atoms with Gasteiger partial charge in [-0.3, -0.25) is 14.4 Å². The van der Waals surface area contributed by atoms with E-state index in [1.165, 1.54) is 0 Å². The number of ether oxygens (including phenoxy) is 1. The van der Waals surface area contributed by atoms with Gasteiger partial charge in [-0.1, -0.05) is 29.3 Å². The lowest BCUT2D eigenvalue weighted by atomic mass is 9.70. The first-order valence-electron chi connectivity index (χ1n) is 10.6. The quantitative estimate of drug-likeness (QED) is 0.334. The molecular weight excluding hydrogens is 442 g/mol. The number of amides is 3. The second-order valence-electron chi connectivity index (χ2n) is 8.44. The van der Waals surface area contributed by atoms with Crippen LogP contribution in [0.5, 0.6) is 0 Å². The topological polar surface area (TPSA) is 108 Å². The maximum absolute atomic E-state index is 13.4. The monoisotopic (exact) mass is 473 g/mol. The van der Waals surface area contributed by atoms with Crippen LogP contribution < -0.4 is 10.6 Å². The molecule has 3 rings (SSSR count). The van der Waals surface area contributed by atoms with Gasteiger partial charge in [0, 0.05) is 31.1 Å². The van der Waals surface area contributed by atoms with Crippen molar-refractivity contribution in [3.8, 4) is 0 Å². The molecule has 0 aliphatic carbocycles. The molecule has 0 aromatic rings. The normalized spacial score (nSPS) is 36.2. The van der Waals surface area contributed by atoms with E-state index in [1.54, 1.807) is 11.9 Å². The van der Waals surface area contributed by atoms with Crippen LogP contribution >= 0.6 is 15.9 Å². The molecule has 0 saturated carbocycles. The summed E-state index contributed by atoms with van der Waals surface area (Å²) in [7, 11) is 1.55. The second kappa shape index (κ2) is 8.89. The van der Waals surface area contributed by atoms with E-state index in [-0.39, 0.29) is 35.2 Å². The van der Waals surface area contributed by atoms with Gasteiger partial charge in [0.05, 0.1) is 17.9 Å². The number of aliphatic hydroxyl groups excluding tert-OH is 1. The van der Waals surface area contributed by atoms with Crippen LogP contribution in [0.4, 0.5) is 0 Å². The number of carbonyl (C=O) groups excluding carboxylic acids is 3. The van der Waals surface area contributed by atoms with E-state index in [9.17, 15) is 14.4 Å². The number of nitrogens with zero attached hydrogens (tertiary/aromatic N) is 1. The Balaban J connectivity index is 1.95. The van der Waals surface area contributed by atoms with Crippen LogP contribution in [0.15, 0.2) is 0 Å². The van der Waals surface area contributed by atoms with Gasteiger partial charge < -0.3 is 25.4 Å². The molecule has 1 spiro atoms. The minimum Gasteiger partial charge on any atom is -0.396 e. The lowest BCUT2D eigenvalue weighted by Crippen LogP contribution is -2.57.